The van der Waals surface area contributed by atoms with Gasteiger partial charge in [-0.25, -0.2) is 0 Å². The summed E-state index contributed by atoms with van der Waals surface area (Å²) in [6, 6.07) is 68.2. The van der Waals surface area contributed by atoms with Gasteiger partial charge in [0.2, 0.25) is 0 Å². The average molecular weight is 1080 g/mol. The van der Waals surface area contributed by atoms with E-state index in [4.69, 9.17) is 6.17 Å². The van der Waals surface area contributed by atoms with Gasteiger partial charge in [0.15, 0.2) is 0 Å². The zero-order valence-corrected chi connectivity index (χ0v) is 51.4. The molecule has 0 bridgehead atoms. The van der Waals surface area contributed by atoms with Crippen LogP contribution in [0.1, 0.15) is 166 Å². The minimum atomic E-state index is -1.12. The minimum Gasteiger partial charge on any atom is -0.335 e. The molecule has 4 unspecified atom stereocenters. The molecule has 0 amide bonds. The first kappa shape index (κ1) is 52.4. The van der Waals surface area contributed by atoms with Gasteiger partial charge in [-0.3, -0.25) is 0 Å². The van der Waals surface area contributed by atoms with Gasteiger partial charge >= 0.3 is 0 Å². The summed E-state index contributed by atoms with van der Waals surface area (Å²) < 4.78 is 0. The Labute approximate surface area is 486 Å². The predicted octanol–water partition coefficient (Wildman–Crippen LogP) is 16.7. The van der Waals surface area contributed by atoms with Gasteiger partial charge in [0.05, 0.1) is 16.8 Å². The average Bonchev–Trinajstić information content (AvgIpc) is 3.21. The third-order valence-corrected chi connectivity index (χ3v) is 22.5. The first-order chi connectivity index (χ1) is 38.6. The molecule has 81 heavy (non-hydrogen) atoms. The second-order valence-corrected chi connectivity index (χ2v) is 31.1. The fourth-order valence-electron chi connectivity index (χ4n) is 17.1. The molecule has 8 aromatic rings. The summed E-state index contributed by atoms with van der Waals surface area (Å²) in [5, 5.41) is 1.44. The summed E-state index contributed by atoms with van der Waals surface area (Å²) in [5.41, 5.74) is 24.9. The summed E-state index contributed by atoms with van der Waals surface area (Å²) >= 11 is 0. The number of anilines is 7. The van der Waals surface area contributed by atoms with Crippen LogP contribution < -0.4 is 36.3 Å². The lowest BCUT2D eigenvalue weighted by atomic mass is 9.33. The Morgan fingerprint density at radius 2 is 0.963 bits per heavy atom. The summed E-state index contributed by atoms with van der Waals surface area (Å²) in [4.78, 5) is 8.66. The van der Waals surface area contributed by atoms with Crippen LogP contribution in [0.3, 0.4) is 0 Å². The van der Waals surface area contributed by atoms with Gasteiger partial charge in [0.25, 0.3) is 6.71 Å². The van der Waals surface area contributed by atoms with Crippen LogP contribution in [0.25, 0.3) is 11.1 Å². The summed E-state index contributed by atoms with van der Waals surface area (Å²) in [6.45, 7) is 29.2. The highest BCUT2D eigenvalue weighted by atomic mass is 28.2. The SMILES string of the molecule is C=[Si](C)c1cc2c3c(c1)C1(c4ccccc4)CCCCC1(C)N3c1cc(N3c4ccc(C(C)(C)C)cc4C4(c5ccccc5)CCCCC34C)cc3c1B2c1ccc(C(C)(C)C)cc1N3c1ccc(C(C)(C)C)cc1-c1ccccc1. The number of hydrogen-bond donors (Lipinski definition) is 0. The van der Waals surface area contributed by atoms with Crippen LogP contribution in [-0.2, 0) is 27.1 Å². The second-order valence-electron chi connectivity index (χ2n) is 28.9. The van der Waals surface area contributed by atoms with E-state index < -0.39 is 8.41 Å². The van der Waals surface area contributed by atoms with Gasteiger partial charge in [-0.2, -0.15) is 0 Å². The molecule has 0 spiro atoms. The van der Waals surface area contributed by atoms with Crippen molar-refractivity contribution < 1.29 is 0 Å². The predicted molar refractivity (Wildman–Crippen MR) is 351 cm³/mol. The smallest absolute Gasteiger partial charge is 0.252 e. The van der Waals surface area contributed by atoms with Gasteiger partial charge in [-0.05, 0) is 158 Å². The number of fused-ring (bicyclic) bond motifs is 10. The van der Waals surface area contributed by atoms with E-state index in [1.807, 2.05) is 0 Å². The first-order valence-electron chi connectivity index (χ1n) is 30.7. The molecular weight excluding hydrogens is 994 g/mol. The molecular formula is C76H82BN3Si. The number of benzene rings is 8. The van der Waals surface area contributed by atoms with Gasteiger partial charge < -0.3 is 14.7 Å². The molecule has 5 heteroatoms. The standard InChI is InChI=1S/C76H82BN3Si/c1-70(2,3)53-34-37-63(58(43-53)50-27-17-14-18-28-50)78-65-45-55(72(7,8)9)33-36-61(65)77-62-49-57(81(12)13)48-60-69(62)80(74(11)40-24-26-42-76(60,74)52-31-21-16-22-32-52)67-47-56(46-66(78)68(67)77)79-64-38-35-54(71(4,5)6)44-59(64)75(51-29-19-15-20-30-51)41-25-23-39-73(75,79)10/h14-22,27-38,43-49H,12,23-26,39-42H2,1-11,13H3. The van der Waals surface area contributed by atoms with Crippen LogP contribution in [0.2, 0.25) is 6.55 Å². The molecule has 14 rings (SSSR count). The molecule has 8 aromatic carbocycles. The maximum atomic E-state index is 4.92. The Bertz CT molecular complexity index is 3880. The molecule has 0 N–H and O–H groups in total. The highest BCUT2D eigenvalue weighted by Gasteiger charge is 2.66. The molecule has 2 fully saturated rings. The van der Waals surface area contributed by atoms with Gasteiger partial charge in [-0.15, -0.1) is 6.17 Å². The lowest BCUT2D eigenvalue weighted by Gasteiger charge is -2.55. The third kappa shape index (κ3) is 7.28. The van der Waals surface area contributed by atoms with E-state index in [-0.39, 0.29) is 44.9 Å². The van der Waals surface area contributed by atoms with Crippen molar-refractivity contribution in [3.05, 3.63) is 209 Å². The van der Waals surface area contributed by atoms with Crippen LogP contribution in [0.15, 0.2) is 170 Å². The van der Waals surface area contributed by atoms with Crippen molar-refractivity contribution in [2.24, 2.45) is 0 Å². The Balaban J connectivity index is 1.16. The van der Waals surface area contributed by atoms with Crippen LogP contribution in [0.5, 0.6) is 0 Å². The molecule has 0 saturated heterocycles. The fourth-order valence-corrected chi connectivity index (χ4v) is 17.9. The van der Waals surface area contributed by atoms with E-state index in [2.05, 4.69) is 267 Å². The Morgan fingerprint density at radius 1 is 0.457 bits per heavy atom. The molecule has 0 radical (unpaired) electrons. The van der Waals surface area contributed by atoms with Crippen molar-refractivity contribution in [2.75, 3.05) is 14.7 Å². The molecule has 2 aliphatic carbocycles. The van der Waals surface area contributed by atoms with E-state index in [0.717, 1.165) is 25.7 Å². The monoisotopic (exact) mass is 1080 g/mol. The lowest BCUT2D eigenvalue weighted by molar-refractivity contribution is 0.214. The summed E-state index contributed by atoms with van der Waals surface area (Å²) in [5.74, 6) is 0. The van der Waals surface area contributed by atoms with Gasteiger partial charge in [-0.1, -0.05) is 228 Å². The van der Waals surface area contributed by atoms with Crippen molar-refractivity contribution in [1.29, 1.82) is 0 Å². The first-order valence-corrected chi connectivity index (χ1v) is 32.9. The third-order valence-electron chi connectivity index (χ3n) is 21.3. The van der Waals surface area contributed by atoms with E-state index >= 15 is 0 Å². The van der Waals surface area contributed by atoms with Crippen molar-refractivity contribution in [2.45, 2.75) is 172 Å². The van der Waals surface area contributed by atoms with E-state index in [0.29, 0.717) is 0 Å². The molecule has 4 aliphatic heterocycles. The molecule has 4 atom stereocenters. The van der Waals surface area contributed by atoms with Crippen LogP contribution in [0.4, 0.5) is 39.8 Å². The molecule has 6 aliphatic rings. The van der Waals surface area contributed by atoms with Crippen molar-refractivity contribution in [3.8, 4) is 11.1 Å². The van der Waals surface area contributed by atoms with Crippen LogP contribution in [0, 0.1) is 0 Å². The lowest BCUT2D eigenvalue weighted by Crippen LogP contribution is -2.65. The highest BCUT2D eigenvalue weighted by Crippen LogP contribution is 2.67. The summed E-state index contributed by atoms with van der Waals surface area (Å²) in [7, 11) is -1.12. The normalized spacial score (nSPS) is 23.3. The van der Waals surface area contributed by atoms with E-state index in [9.17, 15) is 0 Å². The Hall–Kier alpha value is -6.69. The van der Waals surface area contributed by atoms with Crippen molar-refractivity contribution in [1.82, 2.24) is 0 Å². The van der Waals surface area contributed by atoms with Crippen molar-refractivity contribution >= 4 is 82.7 Å². The molecule has 3 nitrogen and oxygen atoms in total. The van der Waals surface area contributed by atoms with Crippen LogP contribution >= 0.6 is 0 Å². The maximum Gasteiger partial charge on any atom is 0.252 e. The maximum absolute atomic E-state index is 4.92. The topological polar surface area (TPSA) is 9.72 Å². The minimum absolute atomic E-state index is 0.00453. The fraction of sp³-hybridized carbons (Fsp3) is 0.355. The van der Waals surface area contributed by atoms with Gasteiger partial charge in [0.1, 0.15) is 0 Å². The highest BCUT2D eigenvalue weighted by molar-refractivity contribution is 7.00. The van der Waals surface area contributed by atoms with E-state index in [1.54, 1.807) is 0 Å². The molecule has 0 aromatic heterocycles. The zero-order valence-electron chi connectivity index (χ0n) is 50.4. The largest absolute Gasteiger partial charge is 0.335 e. The Morgan fingerprint density at radius 3 is 1.56 bits per heavy atom. The number of nitrogens with zero attached hydrogens (tertiary/aromatic N) is 3. The summed E-state index contributed by atoms with van der Waals surface area (Å²) in [6.07, 6.45) is 14.1. The number of hydrogen-bond acceptors (Lipinski definition) is 3. The Kier molecular flexibility index (Phi) is 11.6. The van der Waals surface area contributed by atoms with Crippen LogP contribution in [-0.4, -0.2) is 32.4 Å². The molecule has 2 saturated carbocycles. The van der Waals surface area contributed by atoms with Crippen molar-refractivity contribution in [3.63, 3.8) is 0 Å². The number of rotatable bonds is 6. The molecule has 4 heterocycles. The zero-order chi connectivity index (χ0) is 56.4. The second kappa shape index (κ2) is 17.9. The van der Waals surface area contributed by atoms with Gasteiger partial charge in [0, 0.05) is 58.9 Å². The quantitative estimate of drug-likeness (QED) is 0.154. The van der Waals surface area contributed by atoms with E-state index in [1.165, 1.54) is 137 Å². The molecule has 408 valence electrons.